The van der Waals surface area contributed by atoms with Crippen LogP contribution in [0.3, 0.4) is 0 Å². The highest BCUT2D eigenvalue weighted by Crippen LogP contribution is 2.27. The van der Waals surface area contributed by atoms with Crippen molar-refractivity contribution in [2.75, 3.05) is 12.4 Å². The lowest BCUT2D eigenvalue weighted by Crippen LogP contribution is -2.28. The summed E-state index contributed by atoms with van der Waals surface area (Å²) in [5.41, 5.74) is 1.52. The normalized spacial score (nSPS) is 11.9. The number of carbonyl (C=O) groups excluding carboxylic acids is 1. The van der Waals surface area contributed by atoms with Gasteiger partial charge in [-0.3, -0.25) is 14.2 Å². The van der Waals surface area contributed by atoms with Crippen molar-refractivity contribution in [2.24, 2.45) is 0 Å². The molecule has 0 fully saturated rings. The third-order valence-electron chi connectivity index (χ3n) is 5.23. The van der Waals surface area contributed by atoms with Gasteiger partial charge in [-0.15, -0.1) is 0 Å². The van der Waals surface area contributed by atoms with Crippen molar-refractivity contribution in [3.05, 3.63) is 87.8 Å². The number of carbonyl (C=O) groups is 1. The molecule has 4 rings (SSSR count). The van der Waals surface area contributed by atoms with Gasteiger partial charge in [0.25, 0.3) is 5.56 Å². The molecule has 0 aliphatic rings. The first kappa shape index (κ1) is 23.8. The van der Waals surface area contributed by atoms with E-state index >= 15 is 0 Å². The van der Waals surface area contributed by atoms with Crippen molar-refractivity contribution in [1.29, 1.82) is 0 Å². The highest BCUT2D eigenvalue weighted by atomic mass is 35.5. The summed E-state index contributed by atoms with van der Waals surface area (Å²) in [6, 6.07) is 17.9. The fourth-order valence-corrected chi connectivity index (χ4v) is 4.63. The lowest BCUT2D eigenvalue weighted by atomic mass is 10.2. The standard InChI is InChI=1S/C25H23ClN4O3S/c1-3-21(23(31)28-17-9-6-10-18(14-17)33-2)34-25-29-22-19(11-7-13-27-22)24(32)30(25)15-16-8-4-5-12-20(16)26/h4-14,21H,3,15H2,1-2H3,(H,28,31)/t21-/m1/s1. The Balaban J connectivity index is 1.69. The molecule has 1 atom stereocenters. The Kier molecular flexibility index (Phi) is 7.49. The minimum atomic E-state index is -0.489. The van der Waals surface area contributed by atoms with E-state index in [2.05, 4.69) is 15.3 Å². The van der Waals surface area contributed by atoms with E-state index in [0.717, 1.165) is 5.56 Å². The molecule has 34 heavy (non-hydrogen) atoms. The Labute approximate surface area is 206 Å². The van der Waals surface area contributed by atoms with E-state index in [9.17, 15) is 9.59 Å². The highest BCUT2D eigenvalue weighted by Gasteiger charge is 2.23. The summed E-state index contributed by atoms with van der Waals surface area (Å²) in [5, 5.41) is 3.81. The van der Waals surface area contributed by atoms with Crippen molar-refractivity contribution in [2.45, 2.75) is 30.3 Å². The molecule has 0 aliphatic heterocycles. The molecule has 0 aliphatic carbocycles. The average Bonchev–Trinajstić information content (AvgIpc) is 2.85. The van der Waals surface area contributed by atoms with E-state index in [0.29, 0.717) is 39.1 Å². The predicted molar refractivity (Wildman–Crippen MR) is 136 cm³/mol. The van der Waals surface area contributed by atoms with Crippen molar-refractivity contribution >= 4 is 46.0 Å². The van der Waals surface area contributed by atoms with Crippen LogP contribution in [0.15, 0.2) is 76.8 Å². The maximum Gasteiger partial charge on any atom is 0.263 e. The molecule has 2 aromatic heterocycles. The molecule has 1 amide bonds. The van der Waals surface area contributed by atoms with Crippen LogP contribution in [0.2, 0.25) is 5.02 Å². The van der Waals surface area contributed by atoms with Gasteiger partial charge in [0.1, 0.15) is 5.75 Å². The number of fused-ring (bicyclic) bond motifs is 1. The molecule has 0 bridgehead atoms. The number of nitrogens with zero attached hydrogens (tertiary/aromatic N) is 3. The molecule has 0 unspecified atom stereocenters. The molecule has 174 valence electrons. The van der Waals surface area contributed by atoms with Crippen molar-refractivity contribution in [3.8, 4) is 5.75 Å². The minimum Gasteiger partial charge on any atom is -0.497 e. The number of pyridine rings is 1. The second kappa shape index (κ2) is 10.7. The van der Waals surface area contributed by atoms with Gasteiger partial charge in [0, 0.05) is 23.0 Å². The van der Waals surface area contributed by atoms with Crippen LogP contribution in [-0.4, -0.2) is 32.8 Å². The number of methoxy groups -OCH3 is 1. The Bertz CT molecular complexity index is 1390. The number of thioether (sulfide) groups is 1. The number of anilines is 1. The zero-order chi connectivity index (χ0) is 24.1. The quantitative estimate of drug-likeness (QED) is 0.273. The van der Waals surface area contributed by atoms with Crippen molar-refractivity contribution in [1.82, 2.24) is 14.5 Å². The molecular formula is C25H23ClN4O3S. The van der Waals surface area contributed by atoms with E-state index in [1.807, 2.05) is 25.1 Å². The van der Waals surface area contributed by atoms with Gasteiger partial charge < -0.3 is 10.1 Å². The maximum atomic E-state index is 13.4. The van der Waals surface area contributed by atoms with E-state index in [1.54, 1.807) is 60.3 Å². The van der Waals surface area contributed by atoms with Gasteiger partial charge in [0.15, 0.2) is 10.8 Å². The molecule has 4 aromatic rings. The predicted octanol–water partition coefficient (Wildman–Crippen LogP) is 5.01. The number of halogens is 1. The number of amides is 1. The van der Waals surface area contributed by atoms with Crippen LogP contribution in [0.4, 0.5) is 5.69 Å². The van der Waals surface area contributed by atoms with Crippen LogP contribution >= 0.6 is 23.4 Å². The SMILES string of the molecule is CC[C@@H](Sc1nc2ncccc2c(=O)n1Cc1ccccc1Cl)C(=O)Nc1cccc(OC)c1. The summed E-state index contributed by atoms with van der Waals surface area (Å²) in [5.74, 6) is 0.453. The zero-order valence-corrected chi connectivity index (χ0v) is 20.3. The molecule has 9 heteroatoms. The first-order chi connectivity index (χ1) is 16.5. The molecule has 0 radical (unpaired) electrons. The second-order valence-corrected chi connectivity index (χ2v) is 9.06. The van der Waals surface area contributed by atoms with E-state index in [1.165, 1.54) is 11.8 Å². The molecule has 1 N–H and O–H groups in total. The van der Waals surface area contributed by atoms with Crippen LogP contribution in [0, 0.1) is 0 Å². The van der Waals surface area contributed by atoms with Crippen LogP contribution in [-0.2, 0) is 11.3 Å². The largest absolute Gasteiger partial charge is 0.497 e. The first-order valence-electron chi connectivity index (χ1n) is 10.7. The lowest BCUT2D eigenvalue weighted by Gasteiger charge is -2.18. The number of benzene rings is 2. The summed E-state index contributed by atoms with van der Waals surface area (Å²) in [6.45, 7) is 2.14. The first-order valence-corrected chi connectivity index (χ1v) is 12.0. The third kappa shape index (κ3) is 5.24. The molecular weight excluding hydrogens is 472 g/mol. The number of nitrogens with one attached hydrogen (secondary N) is 1. The Morgan fingerprint density at radius 3 is 2.76 bits per heavy atom. The summed E-state index contributed by atoms with van der Waals surface area (Å²) in [7, 11) is 1.57. The zero-order valence-electron chi connectivity index (χ0n) is 18.7. The van der Waals surface area contributed by atoms with Gasteiger partial charge >= 0.3 is 0 Å². The topological polar surface area (TPSA) is 86.1 Å². The summed E-state index contributed by atoms with van der Waals surface area (Å²) in [4.78, 5) is 35.4. The molecule has 2 heterocycles. The van der Waals surface area contributed by atoms with Gasteiger partial charge in [-0.05, 0) is 42.3 Å². The summed E-state index contributed by atoms with van der Waals surface area (Å²) in [6.07, 6.45) is 2.12. The van der Waals surface area contributed by atoms with Crippen LogP contribution in [0.1, 0.15) is 18.9 Å². The highest BCUT2D eigenvalue weighted by molar-refractivity contribution is 8.00. The van der Waals surface area contributed by atoms with Crippen LogP contribution in [0.5, 0.6) is 5.75 Å². The molecule has 7 nitrogen and oxygen atoms in total. The van der Waals surface area contributed by atoms with E-state index in [4.69, 9.17) is 16.3 Å². The molecule has 0 spiro atoms. The number of hydrogen-bond donors (Lipinski definition) is 1. The maximum absolute atomic E-state index is 13.4. The van der Waals surface area contributed by atoms with Crippen molar-refractivity contribution in [3.63, 3.8) is 0 Å². The lowest BCUT2D eigenvalue weighted by molar-refractivity contribution is -0.115. The number of ether oxygens (including phenoxy) is 1. The van der Waals surface area contributed by atoms with Crippen molar-refractivity contribution < 1.29 is 9.53 Å². The second-order valence-electron chi connectivity index (χ2n) is 7.49. The van der Waals surface area contributed by atoms with Crippen LogP contribution < -0.4 is 15.6 Å². The average molecular weight is 495 g/mol. The summed E-state index contributed by atoms with van der Waals surface area (Å²) >= 11 is 7.60. The number of rotatable bonds is 8. The van der Waals surface area contributed by atoms with Gasteiger partial charge in [0.05, 0.1) is 24.3 Å². The van der Waals surface area contributed by atoms with Gasteiger partial charge in [0.2, 0.25) is 5.91 Å². The van der Waals surface area contributed by atoms with Gasteiger partial charge in [-0.1, -0.05) is 54.6 Å². The van der Waals surface area contributed by atoms with E-state index in [-0.39, 0.29) is 18.0 Å². The fourth-order valence-electron chi connectivity index (χ4n) is 3.44. The number of aromatic nitrogens is 3. The van der Waals surface area contributed by atoms with Crippen LogP contribution in [0.25, 0.3) is 11.0 Å². The Hall–Kier alpha value is -3.36. The summed E-state index contributed by atoms with van der Waals surface area (Å²) < 4.78 is 6.79. The fraction of sp³-hybridized carbons (Fsp3) is 0.200. The third-order valence-corrected chi connectivity index (χ3v) is 6.95. The monoisotopic (exact) mass is 494 g/mol. The Morgan fingerprint density at radius 2 is 2.00 bits per heavy atom. The van der Waals surface area contributed by atoms with E-state index < -0.39 is 5.25 Å². The smallest absolute Gasteiger partial charge is 0.263 e. The minimum absolute atomic E-state index is 0.194. The molecule has 0 saturated heterocycles. The molecule has 0 saturated carbocycles. The van der Waals surface area contributed by atoms with Gasteiger partial charge in [-0.25, -0.2) is 9.97 Å². The Morgan fingerprint density at radius 1 is 1.18 bits per heavy atom. The van der Waals surface area contributed by atoms with Gasteiger partial charge in [-0.2, -0.15) is 0 Å². The molecule has 2 aromatic carbocycles. The number of hydrogen-bond acceptors (Lipinski definition) is 6.